The van der Waals surface area contributed by atoms with E-state index in [0.717, 1.165) is 0 Å². The lowest BCUT2D eigenvalue weighted by Gasteiger charge is -2.22. The van der Waals surface area contributed by atoms with E-state index in [0.29, 0.717) is 10.6 Å². The summed E-state index contributed by atoms with van der Waals surface area (Å²) in [5.41, 5.74) is 0.589. The molecule has 0 aliphatic heterocycles. The molecule has 0 aliphatic carbocycles. The van der Waals surface area contributed by atoms with Crippen LogP contribution in [0.2, 0.25) is 5.02 Å². The fourth-order valence-electron chi connectivity index (χ4n) is 1.98. The molecular formula is C16H13ClF3NO. The van der Waals surface area contributed by atoms with Gasteiger partial charge in [-0.25, -0.2) is 0 Å². The van der Waals surface area contributed by atoms with Crippen LogP contribution in [0.25, 0.3) is 0 Å². The summed E-state index contributed by atoms with van der Waals surface area (Å²) in [6.45, 7) is 0. The highest BCUT2D eigenvalue weighted by atomic mass is 35.5. The van der Waals surface area contributed by atoms with Crippen LogP contribution in [0, 0.1) is 0 Å². The van der Waals surface area contributed by atoms with Crippen molar-refractivity contribution in [3.63, 3.8) is 0 Å². The summed E-state index contributed by atoms with van der Waals surface area (Å²) in [4.78, 5) is 11.9. The number of amides is 1. The zero-order valence-corrected chi connectivity index (χ0v) is 12.2. The van der Waals surface area contributed by atoms with Crippen molar-refractivity contribution in [3.05, 3.63) is 70.7 Å². The van der Waals surface area contributed by atoms with E-state index in [1.807, 2.05) is 5.32 Å². The molecule has 0 aromatic heterocycles. The van der Waals surface area contributed by atoms with Gasteiger partial charge in [0, 0.05) is 17.0 Å². The SMILES string of the molecule is O=C(N[C@@H](Cc1cccc(Cl)c1)C(F)(F)F)c1ccccc1. The van der Waals surface area contributed by atoms with Gasteiger partial charge in [0.15, 0.2) is 0 Å². The van der Waals surface area contributed by atoms with Crippen LogP contribution in [-0.2, 0) is 6.42 Å². The highest BCUT2D eigenvalue weighted by Crippen LogP contribution is 2.24. The normalized spacial score (nSPS) is 12.7. The van der Waals surface area contributed by atoms with Crippen molar-refractivity contribution in [2.24, 2.45) is 0 Å². The molecule has 0 unspecified atom stereocenters. The van der Waals surface area contributed by atoms with Gasteiger partial charge in [0.1, 0.15) is 6.04 Å². The maximum atomic E-state index is 13.1. The summed E-state index contributed by atoms with van der Waals surface area (Å²) in [5, 5.41) is 2.39. The molecule has 1 N–H and O–H groups in total. The van der Waals surface area contributed by atoms with Crippen LogP contribution in [0.4, 0.5) is 13.2 Å². The van der Waals surface area contributed by atoms with E-state index in [-0.39, 0.29) is 12.0 Å². The van der Waals surface area contributed by atoms with Crippen LogP contribution in [0.3, 0.4) is 0 Å². The molecule has 0 saturated carbocycles. The van der Waals surface area contributed by atoms with Crippen molar-refractivity contribution < 1.29 is 18.0 Å². The molecule has 1 amide bonds. The smallest absolute Gasteiger partial charge is 0.340 e. The Morgan fingerprint density at radius 2 is 1.77 bits per heavy atom. The third-order valence-electron chi connectivity index (χ3n) is 3.07. The number of rotatable bonds is 4. The Bertz CT molecular complexity index is 643. The van der Waals surface area contributed by atoms with Gasteiger partial charge in [-0.2, -0.15) is 13.2 Å². The quantitative estimate of drug-likeness (QED) is 0.894. The molecule has 6 heteroatoms. The van der Waals surface area contributed by atoms with Crippen molar-refractivity contribution in [3.8, 4) is 0 Å². The molecule has 22 heavy (non-hydrogen) atoms. The number of benzene rings is 2. The predicted molar refractivity (Wildman–Crippen MR) is 78.9 cm³/mol. The minimum Gasteiger partial charge on any atom is -0.340 e. The van der Waals surface area contributed by atoms with Gasteiger partial charge in [-0.1, -0.05) is 41.9 Å². The highest BCUT2D eigenvalue weighted by molar-refractivity contribution is 6.30. The van der Waals surface area contributed by atoms with Crippen LogP contribution < -0.4 is 5.32 Å². The lowest BCUT2D eigenvalue weighted by Crippen LogP contribution is -2.46. The van der Waals surface area contributed by atoms with E-state index in [1.165, 1.54) is 18.2 Å². The van der Waals surface area contributed by atoms with Crippen molar-refractivity contribution in [2.45, 2.75) is 18.6 Å². The fraction of sp³-hybridized carbons (Fsp3) is 0.188. The maximum absolute atomic E-state index is 13.1. The number of hydrogen-bond donors (Lipinski definition) is 1. The van der Waals surface area contributed by atoms with Crippen molar-refractivity contribution in [2.75, 3.05) is 0 Å². The first-order chi connectivity index (χ1) is 10.4. The summed E-state index contributed by atoms with van der Waals surface area (Å²) in [6, 6.07) is 12.0. The molecule has 1 atom stereocenters. The van der Waals surface area contributed by atoms with Gasteiger partial charge in [0.05, 0.1) is 0 Å². The molecule has 0 heterocycles. The monoisotopic (exact) mass is 327 g/mol. The molecule has 116 valence electrons. The summed E-state index contributed by atoms with van der Waals surface area (Å²) < 4.78 is 39.4. The van der Waals surface area contributed by atoms with E-state index >= 15 is 0 Å². The van der Waals surface area contributed by atoms with Crippen LogP contribution in [0.1, 0.15) is 15.9 Å². The topological polar surface area (TPSA) is 29.1 Å². The molecule has 2 nitrogen and oxygen atoms in total. The lowest BCUT2D eigenvalue weighted by molar-refractivity contribution is -0.153. The average molecular weight is 328 g/mol. The van der Waals surface area contributed by atoms with Gasteiger partial charge in [0.2, 0.25) is 0 Å². The van der Waals surface area contributed by atoms with E-state index in [9.17, 15) is 18.0 Å². The predicted octanol–water partition coefficient (Wildman–Crippen LogP) is 4.24. The number of carbonyl (C=O) groups is 1. The van der Waals surface area contributed by atoms with Crippen molar-refractivity contribution >= 4 is 17.5 Å². The first-order valence-corrected chi connectivity index (χ1v) is 6.91. The summed E-state index contributed by atoms with van der Waals surface area (Å²) in [7, 11) is 0. The zero-order valence-electron chi connectivity index (χ0n) is 11.4. The van der Waals surface area contributed by atoms with E-state index in [2.05, 4.69) is 0 Å². The lowest BCUT2D eigenvalue weighted by atomic mass is 10.0. The standard InChI is InChI=1S/C16H13ClF3NO/c17-13-8-4-5-11(9-13)10-14(16(18,19)20)21-15(22)12-6-2-1-3-7-12/h1-9,14H,10H2,(H,21,22)/t14-/m0/s1. The van der Waals surface area contributed by atoms with Gasteiger partial charge in [-0.05, 0) is 29.8 Å². The van der Waals surface area contributed by atoms with E-state index in [1.54, 1.807) is 36.4 Å². The first kappa shape index (κ1) is 16.4. The molecule has 0 aliphatic rings. The second-order valence-electron chi connectivity index (χ2n) is 4.77. The van der Waals surface area contributed by atoms with Crippen molar-refractivity contribution in [1.82, 2.24) is 5.32 Å². The van der Waals surface area contributed by atoms with Gasteiger partial charge in [-0.3, -0.25) is 4.79 Å². The Labute approximate surface area is 130 Å². The van der Waals surface area contributed by atoms with Gasteiger partial charge in [-0.15, -0.1) is 0 Å². The molecule has 0 fully saturated rings. The number of nitrogens with one attached hydrogen (secondary N) is 1. The Hall–Kier alpha value is -2.01. The van der Waals surface area contributed by atoms with E-state index in [4.69, 9.17) is 11.6 Å². The Morgan fingerprint density at radius 3 is 2.36 bits per heavy atom. The molecule has 0 spiro atoms. The molecule has 2 aromatic carbocycles. The number of hydrogen-bond acceptors (Lipinski definition) is 1. The second kappa shape index (κ2) is 6.83. The fourth-order valence-corrected chi connectivity index (χ4v) is 2.19. The zero-order chi connectivity index (χ0) is 16.2. The Kier molecular flexibility index (Phi) is 5.08. The summed E-state index contributed by atoms with van der Waals surface area (Å²) in [6.07, 6.45) is -4.92. The Morgan fingerprint density at radius 1 is 1.09 bits per heavy atom. The third-order valence-corrected chi connectivity index (χ3v) is 3.30. The molecule has 0 saturated heterocycles. The maximum Gasteiger partial charge on any atom is 0.408 e. The third kappa shape index (κ3) is 4.49. The minimum atomic E-state index is -4.55. The van der Waals surface area contributed by atoms with Gasteiger partial charge < -0.3 is 5.32 Å². The van der Waals surface area contributed by atoms with Gasteiger partial charge in [0.25, 0.3) is 5.91 Å². The summed E-state index contributed by atoms with van der Waals surface area (Å²) in [5.74, 6) is -0.759. The molecule has 2 aromatic rings. The Balaban J connectivity index is 2.15. The van der Waals surface area contributed by atoms with Crippen LogP contribution in [-0.4, -0.2) is 18.1 Å². The largest absolute Gasteiger partial charge is 0.408 e. The second-order valence-corrected chi connectivity index (χ2v) is 5.20. The highest BCUT2D eigenvalue weighted by Gasteiger charge is 2.40. The molecule has 0 bridgehead atoms. The van der Waals surface area contributed by atoms with Gasteiger partial charge >= 0.3 is 6.18 Å². The minimum absolute atomic E-state index is 0.183. The number of carbonyl (C=O) groups excluding carboxylic acids is 1. The van der Waals surface area contributed by atoms with Crippen molar-refractivity contribution in [1.29, 1.82) is 0 Å². The molecule has 2 rings (SSSR count). The van der Waals surface area contributed by atoms with Crippen LogP contribution in [0.15, 0.2) is 54.6 Å². The number of alkyl halides is 3. The van der Waals surface area contributed by atoms with Crippen LogP contribution in [0.5, 0.6) is 0 Å². The van der Waals surface area contributed by atoms with E-state index < -0.39 is 18.1 Å². The summed E-state index contributed by atoms with van der Waals surface area (Å²) >= 11 is 5.78. The average Bonchev–Trinajstić information content (AvgIpc) is 2.46. The number of halogens is 4. The van der Waals surface area contributed by atoms with Crippen LogP contribution >= 0.6 is 11.6 Å². The molecular weight excluding hydrogens is 315 g/mol. The molecule has 0 radical (unpaired) electrons. The first-order valence-electron chi connectivity index (χ1n) is 6.53.